The minimum Gasteiger partial charge on any atom is -0.508 e. The first kappa shape index (κ1) is 14.9. The molecule has 4 nitrogen and oxygen atoms in total. The smallest absolute Gasteiger partial charge is 0.251 e. The van der Waals surface area contributed by atoms with Crippen molar-refractivity contribution in [1.29, 1.82) is 0 Å². The summed E-state index contributed by atoms with van der Waals surface area (Å²) < 4.78 is 0. The summed E-state index contributed by atoms with van der Waals surface area (Å²) in [5, 5.41) is 12.5. The van der Waals surface area contributed by atoms with Gasteiger partial charge in [0.1, 0.15) is 5.75 Å². The molecule has 2 N–H and O–H groups in total. The van der Waals surface area contributed by atoms with E-state index in [9.17, 15) is 9.90 Å². The number of likely N-dealkylation sites (N-methyl/N-ethyl adjacent to an activating group) is 1. The fourth-order valence-electron chi connectivity index (χ4n) is 2.73. The lowest BCUT2D eigenvalue weighted by Gasteiger charge is -2.23. The molecule has 1 aliphatic rings. The van der Waals surface area contributed by atoms with Gasteiger partial charge in [-0.05, 0) is 44.5 Å². The van der Waals surface area contributed by atoms with E-state index in [2.05, 4.69) is 17.3 Å². The number of amides is 1. The Morgan fingerprint density at radius 3 is 2.75 bits per heavy atom. The Morgan fingerprint density at radius 2 is 2.10 bits per heavy atom. The van der Waals surface area contributed by atoms with Gasteiger partial charge in [0, 0.05) is 24.7 Å². The standard InChI is InChI=1S/C16H24N2O2/c1-12-7-8-13(11-15(12)19)16(20)17-9-10-18(2)14-5-3-4-6-14/h7-8,11,14,19H,3-6,9-10H2,1-2H3,(H,17,20). The predicted molar refractivity (Wildman–Crippen MR) is 80.1 cm³/mol. The van der Waals surface area contributed by atoms with Gasteiger partial charge in [-0.25, -0.2) is 0 Å². The first-order valence-electron chi connectivity index (χ1n) is 7.36. The van der Waals surface area contributed by atoms with Crippen LogP contribution in [0.5, 0.6) is 5.75 Å². The molecule has 2 rings (SSSR count). The number of nitrogens with one attached hydrogen (secondary N) is 1. The minimum atomic E-state index is -0.125. The fourth-order valence-corrected chi connectivity index (χ4v) is 2.73. The first-order chi connectivity index (χ1) is 9.58. The molecule has 1 amide bonds. The molecule has 1 saturated carbocycles. The van der Waals surface area contributed by atoms with Crippen LogP contribution < -0.4 is 5.32 Å². The van der Waals surface area contributed by atoms with Crippen molar-refractivity contribution in [2.75, 3.05) is 20.1 Å². The van der Waals surface area contributed by atoms with Gasteiger partial charge in [0.05, 0.1) is 0 Å². The highest BCUT2D eigenvalue weighted by Crippen LogP contribution is 2.22. The quantitative estimate of drug-likeness (QED) is 0.867. The van der Waals surface area contributed by atoms with Crippen molar-refractivity contribution in [3.8, 4) is 5.75 Å². The molecule has 0 saturated heterocycles. The maximum atomic E-state index is 12.0. The molecule has 0 radical (unpaired) electrons. The van der Waals surface area contributed by atoms with Gasteiger partial charge in [-0.1, -0.05) is 18.9 Å². The number of carbonyl (C=O) groups excluding carboxylic acids is 1. The molecule has 0 bridgehead atoms. The summed E-state index contributed by atoms with van der Waals surface area (Å²) in [6, 6.07) is 5.70. The first-order valence-corrected chi connectivity index (χ1v) is 7.36. The summed E-state index contributed by atoms with van der Waals surface area (Å²) in [6.07, 6.45) is 5.20. The van der Waals surface area contributed by atoms with E-state index in [0.29, 0.717) is 18.2 Å². The van der Waals surface area contributed by atoms with Crippen LogP contribution in [-0.4, -0.2) is 42.1 Å². The van der Waals surface area contributed by atoms with E-state index < -0.39 is 0 Å². The normalized spacial score (nSPS) is 15.8. The van der Waals surface area contributed by atoms with E-state index in [4.69, 9.17) is 0 Å². The van der Waals surface area contributed by atoms with Gasteiger partial charge in [-0.3, -0.25) is 4.79 Å². The van der Waals surface area contributed by atoms with Crippen LogP contribution in [0, 0.1) is 6.92 Å². The number of aromatic hydroxyl groups is 1. The number of nitrogens with zero attached hydrogens (tertiary/aromatic N) is 1. The SMILES string of the molecule is Cc1ccc(C(=O)NCCN(C)C2CCCC2)cc1O. The molecule has 0 aromatic heterocycles. The maximum absolute atomic E-state index is 12.0. The van der Waals surface area contributed by atoms with E-state index in [1.165, 1.54) is 31.7 Å². The van der Waals surface area contributed by atoms with Gasteiger partial charge in [0.25, 0.3) is 5.91 Å². The third-order valence-electron chi connectivity index (χ3n) is 4.17. The highest BCUT2D eigenvalue weighted by Gasteiger charge is 2.19. The highest BCUT2D eigenvalue weighted by molar-refractivity contribution is 5.94. The molecule has 110 valence electrons. The average molecular weight is 276 g/mol. The number of benzene rings is 1. The van der Waals surface area contributed by atoms with Crippen LogP contribution >= 0.6 is 0 Å². The number of rotatable bonds is 5. The van der Waals surface area contributed by atoms with Crippen LogP contribution in [-0.2, 0) is 0 Å². The van der Waals surface area contributed by atoms with Crippen LogP contribution in [0.3, 0.4) is 0 Å². The molecule has 1 aromatic rings. The molecule has 20 heavy (non-hydrogen) atoms. The molecule has 0 atom stereocenters. The second kappa shape index (κ2) is 6.75. The summed E-state index contributed by atoms with van der Waals surface area (Å²) in [4.78, 5) is 14.3. The van der Waals surface area contributed by atoms with Crippen LogP contribution in [0.2, 0.25) is 0 Å². The summed E-state index contributed by atoms with van der Waals surface area (Å²) >= 11 is 0. The van der Waals surface area contributed by atoms with E-state index in [0.717, 1.165) is 12.1 Å². The van der Waals surface area contributed by atoms with Crippen LogP contribution in [0.4, 0.5) is 0 Å². The van der Waals surface area contributed by atoms with Crippen molar-refractivity contribution in [3.63, 3.8) is 0 Å². The highest BCUT2D eigenvalue weighted by atomic mass is 16.3. The average Bonchev–Trinajstić information content (AvgIpc) is 2.95. The van der Waals surface area contributed by atoms with Crippen LogP contribution in [0.25, 0.3) is 0 Å². The summed E-state index contributed by atoms with van der Waals surface area (Å²) in [5.41, 5.74) is 1.29. The van der Waals surface area contributed by atoms with Crippen molar-refractivity contribution in [2.45, 2.75) is 38.6 Å². The Labute approximate surface area is 120 Å². The van der Waals surface area contributed by atoms with Crippen molar-refractivity contribution in [3.05, 3.63) is 29.3 Å². The van der Waals surface area contributed by atoms with Gasteiger partial charge < -0.3 is 15.3 Å². The summed E-state index contributed by atoms with van der Waals surface area (Å²) in [7, 11) is 2.12. The lowest BCUT2D eigenvalue weighted by molar-refractivity contribution is 0.0946. The van der Waals surface area contributed by atoms with Gasteiger partial charge in [0.2, 0.25) is 0 Å². The molecular formula is C16H24N2O2. The lowest BCUT2D eigenvalue weighted by atomic mass is 10.1. The molecule has 0 spiro atoms. The zero-order valence-electron chi connectivity index (χ0n) is 12.4. The van der Waals surface area contributed by atoms with Gasteiger partial charge >= 0.3 is 0 Å². The van der Waals surface area contributed by atoms with Gasteiger partial charge in [0.15, 0.2) is 0 Å². The number of hydrogen-bond acceptors (Lipinski definition) is 3. The van der Waals surface area contributed by atoms with Crippen molar-refractivity contribution in [2.24, 2.45) is 0 Å². The number of carbonyl (C=O) groups is 1. The molecule has 4 heteroatoms. The largest absolute Gasteiger partial charge is 0.508 e. The second-order valence-corrected chi connectivity index (χ2v) is 5.68. The van der Waals surface area contributed by atoms with Crippen molar-refractivity contribution in [1.82, 2.24) is 10.2 Å². The topological polar surface area (TPSA) is 52.6 Å². The number of aryl methyl sites for hydroxylation is 1. The Balaban J connectivity index is 1.78. The molecule has 0 heterocycles. The Kier molecular flexibility index (Phi) is 5.01. The lowest BCUT2D eigenvalue weighted by Crippen LogP contribution is -2.37. The molecule has 1 fully saturated rings. The van der Waals surface area contributed by atoms with E-state index in [1.54, 1.807) is 12.1 Å². The second-order valence-electron chi connectivity index (χ2n) is 5.68. The number of hydrogen-bond donors (Lipinski definition) is 2. The Bertz CT molecular complexity index is 468. The van der Waals surface area contributed by atoms with Crippen LogP contribution in [0.1, 0.15) is 41.6 Å². The fraction of sp³-hybridized carbons (Fsp3) is 0.562. The van der Waals surface area contributed by atoms with Gasteiger partial charge in [-0.15, -0.1) is 0 Å². The third kappa shape index (κ3) is 3.73. The maximum Gasteiger partial charge on any atom is 0.251 e. The minimum absolute atomic E-state index is 0.125. The third-order valence-corrected chi connectivity index (χ3v) is 4.17. The molecule has 0 aliphatic heterocycles. The number of phenols is 1. The summed E-state index contributed by atoms with van der Waals surface area (Å²) in [6.45, 7) is 3.32. The molecule has 1 aliphatic carbocycles. The van der Waals surface area contributed by atoms with Crippen molar-refractivity contribution < 1.29 is 9.90 Å². The van der Waals surface area contributed by atoms with Crippen LogP contribution in [0.15, 0.2) is 18.2 Å². The molecular weight excluding hydrogens is 252 g/mol. The Morgan fingerprint density at radius 1 is 1.40 bits per heavy atom. The van der Waals surface area contributed by atoms with E-state index >= 15 is 0 Å². The van der Waals surface area contributed by atoms with Crippen molar-refractivity contribution >= 4 is 5.91 Å². The molecule has 1 aromatic carbocycles. The zero-order valence-corrected chi connectivity index (χ0v) is 12.4. The Hall–Kier alpha value is -1.55. The predicted octanol–water partition coefficient (Wildman–Crippen LogP) is 2.30. The van der Waals surface area contributed by atoms with E-state index in [-0.39, 0.29) is 11.7 Å². The molecule has 0 unspecified atom stereocenters. The monoisotopic (exact) mass is 276 g/mol. The van der Waals surface area contributed by atoms with E-state index in [1.807, 2.05) is 6.92 Å². The zero-order chi connectivity index (χ0) is 14.5. The number of phenolic OH excluding ortho intramolecular Hbond substituents is 1. The van der Waals surface area contributed by atoms with Gasteiger partial charge in [-0.2, -0.15) is 0 Å². The summed E-state index contributed by atoms with van der Waals surface area (Å²) in [5.74, 6) is 0.0424.